The molecule has 2 heterocycles. The number of phenolic OH excluding ortho intramolecular Hbond substituents is 1. The molecule has 3 N–H and O–H groups in total. The van der Waals surface area contributed by atoms with E-state index in [9.17, 15) is 9.90 Å². The Morgan fingerprint density at radius 1 is 1.14 bits per heavy atom. The van der Waals surface area contributed by atoms with E-state index in [1.165, 1.54) is 0 Å². The zero-order valence-electron chi connectivity index (χ0n) is 11.9. The van der Waals surface area contributed by atoms with Gasteiger partial charge < -0.3 is 25.4 Å². The molecule has 3 rings (SSSR count). The monoisotopic (exact) mass is 291 g/mol. The van der Waals surface area contributed by atoms with Gasteiger partial charge in [0.1, 0.15) is 5.75 Å². The summed E-state index contributed by atoms with van der Waals surface area (Å²) in [6.45, 7) is 3.90. The predicted octanol–water partition coefficient (Wildman–Crippen LogP) is 0.0145. The van der Waals surface area contributed by atoms with Gasteiger partial charge in [0.2, 0.25) is 5.91 Å². The van der Waals surface area contributed by atoms with Gasteiger partial charge in [-0.05, 0) is 24.3 Å². The lowest BCUT2D eigenvalue weighted by atomic mass is 10.0. The van der Waals surface area contributed by atoms with Gasteiger partial charge in [-0.1, -0.05) is 0 Å². The summed E-state index contributed by atoms with van der Waals surface area (Å²) >= 11 is 0. The summed E-state index contributed by atoms with van der Waals surface area (Å²) in [5, 5.41) is 9.32. The van der Waals surface area contributed by atoms with E-state index in [1.807, 2.05) is 17.0 Å². The van der Waals surface area contributed by atoms with Crippen molar-refractivity contribution >= 4 is 11.6 Å². The van der Waals surface area contributed by atoms with E-state index < -0.39 is 0 Å². The number of hydrogen-bond donors (Lipinski definition) is 2. The van der Waals surface area contributed by atoms with Crippen LogP contribution in [-0.4, -0.2) is 61.3 Å². The molecule has 0 spiro atoms. The van der Waals surface area contributed by atoms with Crippen LogP contribution in [0.5, 0.6) is 5.75 Å². The molecule has 1 aromatic rings. The number of carbonyl (C=O) groups excluding carboxylic acids is 1. The molecule has 2 saturated heterocycles. The van der Waals surface area contributed by atoms with E-state index in [0.29, 0.717) is 26.3 Å². The van der Waals surface area contributed by atoms with E-state index in [4.69, 9.17) is 10.5 Å². The van der Waals surface area contributed by atoms with Gasteiger partial charge in [0, 0.05) is 37.9 Å². The first-order valence-corrected chi connectivity index (χ1v) is 7.31. The molecule has 2 aliphatic rings. The number of aromatic hydroxyl groups is 1. The maximum atomic E-state index is 12.4. The molecule has 0 saturated carbocycles. The van der Waals surface area contributed by atoms with Crippen LogP contribution in [0.1, 0.15) is 0 Å². The molecular formula is C15H21N3O3. The average Bonchev–Trinajstić information content (AvgIpc) is 2.94. The third kappa shape index (κ3) is 2.96. The van der Waals surface area contributed by atoms with Crippen molar-refractivity contribution in [1.29, 1.82) is 0 Å². The Labute approximate surface area is 124 Å². The van der Waals surface area contributed by atoms with Crippen LogP contribution in [-0.2, 0) is 9.53 Å². The number of carbonyl (C=O) groups is 1. The van der Waals surface area contributed by atoms with Crippen molar-refractivity contribution < 1.29 is 14.6 Å². The fourth-order valence-electron chi connectivity index (χ4n) is 2.91. The molecule has 1 aromatic carbocycles. The van der Waals surface area contributed by atoms with Gasteiger partial charge in [-0.15, -0.1) is 0 Å². The minimum absolute atomic E-state index is 0.116. The number of nitrogens with two attached hydrogens (primary N) is 1. The van der Waals surface area contributed by atoms with Gasteiger partial charge in [-0.25, -0.2) is 0 Å². The van der Waals surface area contributed by atoms with Gasteiger partial charge in [0.05, 0.1) is 19.1 Å². The second-order valence-corrected chi connectivity index (χ2v) is 5.64. The van der Waals surface area contributed by atoms with Crippen LogP contribution in [0.4, 0.5) is 5.69 Å². The summed E-state index contributed by atoms with van der Waals surface area (Å²) in [7, 11) is 0. The summed E-state index contributed by atoms with van der Waals surface area (Å²) in [6, 6.07) is 6.98. The smallest absolute Gasteiger partial charge is 0.229 e. The van der Waals surface area contributed by atoms with Crippen LogP contribution in [0.25, 0.3) is 0 Å². The molecule has 0 bridgehead atoms. The van der Waals surface area contributed by atoms with Gasteiger partial charge >= 0.3 is 0 Å². The fourth-order valence-corrected chi connectivity index (χ4v) is 2.91. The van der Waals surface area contributed by atoms with Crippen LogP contribution in [0, 0.1) is 5.92 Å². The Hall–Kier alpha value is -1.79. The Morgan fingerprint density at radius 2 is 1.81 bits per heavy atom. The molecule has 114 valence electrons. The van der Waals surface area contributed by atoms with E-state index in [1.54, 1.807) is 12.1 Å². The Balaban J connectivity index is 1.57. The molecule has 2 aliphatic heterocycles. The predicted molar refractivity (Wildman–Crippen MR) is 79.2 cm³/mol. The highest BCUT2D eigenvalue weighted by Crippen LogP contribution is 2.21. The number of rotatable bonds is 2. The first-order chi connectivity index (χ1) is 10.1. The Morgan fingerprint density at radius 3 is 2.38 bits per heavy atom. The zero-order valence-corrected chi connectivity index (χ0v) is 11.9. The standard InChI is InChI=1S/C15H21N3O3/c16-14-10-21-9-13(14)15(20)18-7-5-17(6-8-18)11-1-3-12(19)4-2-11/h1-4,13-14,19H,5-10,16H2. The van der Waals surface area contributed by atoms with E-state index in [-0.39, 0.29) is 23.6 Å². The summed E-state index contributed by atoms with van der Waals surface area (Å²) in [5.41, 5.74) is 6.98. The first kappa shape index (κ1) is 14.2. The number of benzene rings is 1. The number of hydrogen-bond acceptors (Lipinski definition) is 5. The van der Waals surface area contributed by atoms with Crippen molar-refractivity contribution in [2.75, 3.05) is 44.3 Å². The minimum Gasteiger partial charge on any atom is -0.508 e. The number of nitrogens with zero attached hydrogens (tertiary/aromatic N) is 2. The van der Waals surface area contributed by atoms with Crippen molar-refractivity contribution in [3.05, 3.63) is 24.3 Å². The van der Waals surface area contributed by atoms with E-state index in [2.05, 4.69) is 4.90 Å². The van der Waals surface area contributed by atoms with Gasteiger partial charge in [0.15, 0.2) is 0 Å². The second-order valence-electron chi connectivity index (χ2n) is 5.64. The number of phenols is 1. The number of piperazine rings is 1. The van der Waals surface area contributed by atoms with Crippen LogP contribution in [0.2, 0.25) is 0 Å². The molecule has 2 unspecified atom stereocenters. The molecule has 21 heavy (non-hydrogen) atoms. The third-order valence-electron chi connectivity index (χ3n) is 4.25. The van der Waals surface area contributed by atoms with Crippen molar-refractivity contribution in [1.82, 2.24) is 4.90 Å². The van der Waals surface area contributed by atoms with Gasteiger partial charge in [-0.2, -0.15) is 0 Å². The van der Waals surface area contributed by atoms with Crippen LogP contribution in [0.3, 0.4) is 0 Å². The molecule has 2 atom stereocenters. The quantitative estimate of drug-likeness (QED) is 0.803. The van der Waals surface area contributed by atoms with Crippen molar-refractivity contribution in [2.45, 2.75) is 6.04 Å². The Bertz CT molecular complexity index is 497. The number of anilines is 1. The first-order valence-electron chi connectivity index (χ1n) is 7.31. The minimum atomic E-state index is -0.190. The largest absolute Gasteiger partial charge is 0.508 e. The zero-order chi connectivity index (χ0) is 14.8. The highest BCUT2D eigenvalue weighted by Gasteiger charge is 2.35. The number of amides is 1. The molecular weight excluding hydrogens is 270 g/mol. The molecule has 6 nitrogen and oxygen atoms in total. The van der Waals surface area contributed by atoms with Crippen molar-refractivity contribution in [2.24, 2.45) is 11.7 Å². The summed E-state index contributed by atoms with van der Waals surface area (Å²) in [4.78, 5) is 16.5. The summed E-state index contributed by atoms with van der Waals surface area (Å²) < 4.78 is 5.28. The summed E-state index contributed by atoms with van der Waals surface area (Å²) in [6.07, 6.45) is 0. The second kappa shape index (κ2) is 5.91. The van der Waals surface area contributed by atoms with Gasteiger partial charge in [0.25, 0.3) is 0 Å². The topological polar surface area (TPSA) is 79.0 Å². The third-order valence-corrected chi connectivity index (χ3v) is 4.25. The van der Waals surface area contributed by atoms with E-state index in [0.717, 1.165) is 18.8 Å². The molecule has 0 aromatic heterocycles. The van der Waals surface area contributed by atoms with E-state index >= 15 is 0 Å². The lowest BCUT2D eigenvalue weighted by molar-refractivity contribution is -0.136. The fraction of sp³-hybridized carbons (Fsp3) is 0.533. The molecule has 0 radical (unpaired) electrons. The lowest BCUT2D eigenvalue weighted by Crippen LogP contribution is -2.52. The van der Waals surface area contributed by atoms with Crippen molar-refractivity contribution in [3.63, 3.8) is 0 Å². The maximum Gasteiger partial charge on any atom is 0.229 e. The molecule has 0 aliphatic carbocycles. The SMILES string of the molecule is NC1COCC1C(=O)N1CCN(c2ccc(O)cc2)CC1. The maximum absolute atomic E-state index is 12.4. The normalized spacial score (nSPS) is 26.1. The Kier molecular flexibility index (Phi) is 3.98. The highest BCUT2D eigenvalue weighted by molar-refractivity contribution is 5.80. The molecule has 1 amide bonds. The lowest BCUT2D eigenvalue weighted by Gasteiger charge is -2.37. The summed E-state index contributed by atoms with van der Waals surface area (Å²) in [5.74, 6) is 0.193. The van der Waals surface area contributed by atoms with Gasteiger partial charge in [-0.3, -0.25) is 4.79 Å². The molecule has 6 heteroatoms. The molecule has 2 fully saturated rings. The van der Waals surface area contributed by atoms with Crippen molar-refractivity contribution in [3.8, 4) is 5.75 Å². The number of ether oxygens (including phenoxy) is 1. The highest BCUT2D eigenvalue weighted by atomic mass is 16.5. The average molecular weight is 291 g/mol. The van der Waals surface area contributed by atoms with Crippen LogP contribution in [0.15, 0.2) is 24.3 Å². The van der Waals surface area contributed by atoms with Crippen LogP contribution >= 0.6 is 0 Å². The van der Waals surface area contributed by atoms with Crippen LogP contribution < -0.4 is 10.6 Å².